The van der Waals surface area contributed by atoms with Crippen LogP contribution in [-0.2, 0) is 6.54 Å². The third-order valence-electron chi connectivity index (χ3n) is 5.45. The lowest BCUT2D eigenvalue weighted by Crippen LogP contribution is -2.25. The van der Waals surface area contributed by atoms with Crippen molar-refractivity contribution in [3.63, 3.8) is 0 Å². The number of benzene rings is 1. The topological polar surface area (TPSA) is 54.3 Å². The Bertz CT molecular complexity index is 1030. The zero-order valence-electron chi connectivity index (χ0n) is 15.5. The number of fused-ring (bicyclic) bond motifs is 1. The van der Waals surface area contributed by atoms with Crippen molar-refractivity contribution < 1.29 is 4.79 Å². The summed E-state index contributed by atoms with van der Waals surface area (Å²) in [5.41, 5.74) is 3.09. The first kappa shape index (κ1) is 17.3. The highest BCUT2D eigenvalue weighted by molar-refractivity contribution is 6.30. The van der Waals surface area contributed by atoms with E-state index < -0.39 is 0 Å². The predicted molar refractivity (Wildman–Crippen MR) is 109 cm³/mol. The number of hydrogen-bond donors (Lipinski definition) is 0. The van der Waals surface area contributed by atoms with Gasteiger partial charge in [-0.05, 0) is 48.7 Å². The van der Waals surface area contributed by atoms with E-state index in [1.54, 1.807) is 15.8 Å². The van der Waals surface area contributed by atoms with Crippen molar-refractivity contribution in [2.45, 2.75) is 19.9 Å². The van der Waals surface area contributed by atoms with E-state index in [-0.39, 0.29) is 5.91 Å². The molecule has 1 aromatic carbocycles. The molecule has 6 nitrogen and oxygen atoms in total. The summed E-state index contributed by atoms with van der Waals surface area (Å²) < 4.78 is 1.73. The van der Waals surface area contributed by atoms with Crippen molar-refractivity contribution in [1.29, 1.82) is 0 Å². The summed E-state index contributed by atoms with van der Waals surface area (Å²) in [4.78, 5) is 21.5. The van der Waals surface area contributed by atoms with Crippen LogP contribution in [0.1, 0.15) is 29.4 Å². The zero-order valence-corrected chi connectivity index (χ0v) is 16.3. The van der Waals surface area contributed by atoms with E-state index >= 15 is 0 Å². The Hall–Kier alpha value is -2.86. The number of amides is 1. The van der Waals surface area contributed by atoms with Crippen molar-refractivity contribution in [1.82, 2.24) is 14.8 Å². The molecule has 28 heavy (non-hydrogen) atoms. The van der Waals surface area contributed by atoms with Gasteiger partial charge in [0, 0.05) is 29.9 Å². The van der Waals surface area contributed by atoms with E-state index in [4.69, 9.17) is 11.6 Å². The fraction of sp³-hybridized carbons (Fsp3) is 0.286. The molecule has 0 radical (unpaired) electrons. The Labute approximate surface area is 168 Å². The summed E-state index contributed by atoms with van der Waals surface area (Å²) >= 11 is 5.94. The summed E-state index contributed by atoms with van der Waals surface area (Å²) in [6.45, 7) is 4.85. The molecule has 142 valence electrons. The zero-order chi connectivity index (χ0) is 19.3. The minimum Gasteiger partial charge on any atom is -0.356 e. The van der Waals surface area contributed by atoms with Crippen LogP contribution in [0.4, 0.5) is 11.5 Å². The number of aromatic nitrogens is 3. The van der Waals surface area contributed by atoms with Crippen LogP contribution in [0.3, 0.4) is 0 Å². The quantitative estimate of drug-likeness (QED) is 0.676. The van der Waals surface area contributed by atoms with Crippen molar-refractivity contribution in [3.8, 4) is 5.69 Å². The maximum atomic E-state index is 12.9. The first-order chi connectivity index (χ1) is 13.6. The van der Waals surface area contributed by atoms with Crippen LogP contribution in [-0.4, -0.2) is 33.8 Å². The van der Waals surface area contributed by atoms with E-state index in [9.17, 15) is 4.79 Å². The molecule has 7 heteroatoms. The lowest BCUT2D eigenvalue weighted by molar-refractivity contribution is 0.0991. The number of carbonyl (C=O) groups excluding carboxylic acids is 1. The van der Waals surface area contributed by atoms with Gasteiger partial charge in [0.1, 0.15) is 5.82 Å². The van der Waals surface area contributed by atoms with Crippen LogP contribution in [0.5, 0.6) is 0 Å². The second kappa shape index (κ2) is 6.63. The molecule has 2 aliphatic rings. The monoisotopic (exact) mass is 393 g/mol. The van der Waals surface area contributed by atoms with Gasteiger partial charge in [0.2, 0.25) is 0 Å². The van der Waals surface area contributed by atoms with Gasteiger partial charge in [-0.15, -0.1) is 0 Å². The Morgan fingerprint density at radius 1 is 1.11 bits per heavy atom. The lowest BCUT2D eigenvalue weighted by atomic mass is 10.2. The predicted octanol–water partition coefficient (Wildman–Crippen LogP) is 3.93. The Kier molecular flexibility index (Phi) is 4.09. The van der Waals surface area contributed by atoms with Gasteiger partial charge in [0.25, 0.3) is 5.91 Å². The number of halogens is 1. The van der Waals surface area contributed by atoms with Crippen LogP contribution < -0.4 is 9.80 Å². The highest BCUT2D eigenvalue weighted by Crippen LogP contribution is 2.30. The molecule has 0 N–H and O–H groups in total. The molecule has 1 atom stereocenters. The Morgan fingerprint density at radius 3 is 2.54 bits per heavy atom. The molecule has 2 aromatic heterocycles. The van der Waals surface area contributed by atoms with Crippen molar-refractivity contribution >= 4 is 29.0 Å². The molecule has 4 heterocycles. The highest BCUT2D eigenvalue weighted by Gasteiger charge is 2.32. The number of pyridine rings is 1. The molecule has 1 saturated heterocycles. The molecule has 1 fully saturated rings. The number of carbonyl (C=O) groups is 1. The average molecular weight is 394 g/mol. The number of anilines is 2. The van der Waals surface area contributed by atoms with E-state index in [0.29, 0.717) is 23.2 Å². The largest absolute Gasteiger partial charge is 0.356 e. The number of rotatable bonds is 3. The van der Waals surface area contributed by atoms with Gasteiger partial charge >= 0.3 is 0 Å². The molecular weight excluding hydrogens is 374 g/mol. The third kappa shape index (κ3) is 2.94. The molecule has 0 spiro atoms. The number of nitrogens with zero attached hydrogens (tertiary/aromatic N) is 5. The molecule has 0 unspecified atom stereocenters. The lowest BCUT2D eigenvalue weighted by Gasteiger charge is -2.19. The first-order valence-corrected chi connectivity index (χ1v) is 9.83. The SMILES string of the molecule is C[C@@H]1CCN(c2ccc(N3Cc4cn(-c5ccc(Cl)cc5)nc4C3=O)cn2)C1. The van der Waals surface area contributed by atoms with E-state index in [1.165, 1.54) is 6.42 Å². The van der Waals surface area contributed by atoms with Gasteiger partial charge in [-0.1, -0.05) is 18.5 Å². The van der Waals surface area contributed by atoms with Crippen LogP contribution in [0.25, 0.3) is 5.69 Å². The molecule has 0 aliphatic carbocycles. The summed E-state index contributed by atoms with van der Waals surface area (Å²) in [7, 11) is 0. The Morgan fingerprint density at radius 2 is 1.89 bits per heavy atom. The summed E-state index contributed by atoms with van der Waals surface area (Å²) in [6, 6.07) is 11.4. The smallest absolute Gasteiger partial charge is 0.279 e. The van der Waals surface area contributed by atoms with Gasteiger partial charge in [0.15, 0.2) is 5.69 Å². The standard InChI is InChI=1S/C21H20ClN5O/c1-14-8-9-25(11-14)19-7-6-18(10-23-19)26-12-15-13-27(24-20(15)21(26)28)17-4-2-16(22)3-5-17/h2-7,10,13-14H,8-9,11-12H2,1H3/t14-/m1/s1. The van der Waals surface area contributed by atoms with Crippen molar-refractivity contribution in [2.75, 3.05) is 22.9 Å². The maximum Gasteiger partial charge on any atom is 0.279 e. The second-order valence-corrected chi connectivity index (χ2v) is 7.97. The van der Waals surface area contributed by atoms with Crippen molar-refractivity contribution in [2.24, 2.45) is 5.92 Å². The maximum absolute atomic E-state index is 12.9. The molecule has 0 bridgehead atoms. The number of hydrogen-bond acceptors (Lipinski definition) is 4. The molecule has 5 rings (SSSR count). The van der Waals surface area contributed by atoms with Crippen LogP contribution in [0.15, 0.2) is 48.8 Å². The summed E-state index contributed by atoms with van der Waals surface area (Å²) in [5.74, 6) is 1.59. The van der Waals surface area contributed by atoms with E-state index in [1.807, 2.05) is 42.6 Å². The van der Waals surface area contributed by atoms with E-state index in [0.717, 1.165) is 35.8 Å². The van der Waals surface area contributed by atoms with Crippen LogP contribution >= 0.6 is 11.6 Å². The van der Waals surface area contributed by atoms with E-state index in [2.05, 4.69) is 21.9 Å². The van der Waals surface area contributed by atoms with Gasteiger partial charge in [-0.3, -0.25) is 4.79 Å². The van der Waals surface area contributed by atoms with Crippen LogP contribution in [0, 0.1) is 5.92 Å². The first-order valence-electron chi connectivity index (χ1n) is 9.46. The average Bonchev–Trinajstić information content (AvgIpc) is 3.39. The summed E-state index contributed by atoms with van der Waals surface area (Å²) in [6.07, 6.45) is 4.89. The van der Waals surface area contributed by atoms with Crippen molar-refractivity contribution in [3.05, 3.63) is 65.1 Å². The molecule has 1 amide bonds. The fourth-order valence-electron chi connectivity index (χ4n) is 3.88. The molecule has 2 aliphatic heterocycles. The molecular formula is C21H20ClN5O. The van der Waals surface area contributed by atoms with Gasteiger partial charge in [-0.25, -0.2) is 9.67 Å². The third-order valence-corrected chi connectivity index (χ3v) is 5.70. The van der Waals surface area contributed by atoms with Gasteiger partial charge in [0.05, 0.1) is 24.1 Å². The van der Waals surface area contributed by atoms with Gasteiger partial charge in [-0.2, -0.15) is 5.10 Å². The molecule has 0 saturated carbocycles. The minimum atomic E-state index is -0.0907. The van der Waals surface area contributed by atoms with Crippen LogP contribution in [0.2, 0.25) is 5.02 Å². The molecule has 3 aromatic rings. The second-order valence-electron chi connectivity index (χ2n) is 7.53. The summed E-state index contributed by atoms with van der Waals surface area (Å²) in [5, 5.41) is 5.16. The van der Waals surface area contributed by atoms with Gasteiger partial charge < -0.3 is 9.80 Å². The highest BCUT2D eigenvalue weighted by atomic mass is 35.5. The Balaban J connectivity index is 1.35. The minimum absolute atomic E-state index is 0.0907. The fourth-order valence-corrected chi connectivity index (χ4v) is 4.00. The normalized spacial score (nSPS) is 18.8.